The average Bonchev–Trinajstić information content (AvgIpc) is 2.42. The Morgan fingerprint density at radius 2 is 1.84 bits per heavy atom. The second kappa shape index (κ2) is 5.18. The summed E-state index contributed by atoms with van der Waals surface area (Å²) in [4.78, 5) is 12.2. The minimum atomic E-state index is -0.865. The molecule has 0 aliphatic carbocycles. The number of methoxy groups -OCH3 is 1. The molecule has 2 aromatic rings. The van der Waals surface area contributed by atoms with E-state index in [-0.39, 0.29) is 11.1 Å². The van der Waals surface area contributed by atoms with Crippen LogP contribution in [0.1, 0.15) is 21.5 Å². The van der Waals surface area contributed by atoms with E-state index in [0.717, 1.165) is 6.07 Å². The highest BCUT2D eigenvalue weighted by Gasteiger charge is 2.16. The van der Waals surface area contributed by atoms with Crippen LogP contribution in [-0.4, -0.2) is 12.9 Å². The summed E-state index contributed by atoms with van der Waals surface area (Å²) >= 11 is 0. The van der Waals surface area contributed by atoms with Gasteiger partial charge in [0, 0.05) is 11.6 Å². The Morgan fingerprint density at radius 1 is 1.11 bits per heavy atom. The number of rotatable bonds is 3. The lowest BCUT2D eigenvalue weighted by molar-refractivity contribution is 0.103. The Labute approximate surface area is 109 Å². The molecule has 0 aliphatic heterocycles. The van der Waals surface area contributed by atoms with Crippen LogP contribution in [0.3, 0.4) is 0 Å². The quantitative estimate of drug-likeness (QED) is 0.791. The first-order valence-electron chi connectivity index (χ1n) is 5.67. The number of carbonyl (C=O) groups excluding carboxylic acids is 1. The summed E-state index contributed by atoms with van der Waals surface area (Å²) in [6.45, 7) is 1.48. The zero-order valence-electron chi connectivity index (χ0n) is 10.5. The lowest BCUT2D eigenvalue weighted by Crippen LogP contribution is -2.06. The molecule has 0 saturated carbocycles. The fraction of sp³-hybridized carbons (Fsp3) is 0.133. The second-order valence-electron chi connectivity index (χ2n) is 4.14. The Morgan fingerprint density at radius 3 is 2.53 bits per heavy atom. The highest BCUT2D eigenvalue weighted by atomic mass is 19.1. The molecular formula is C15H12F2O2. The van der Waals surface area contributed by atoms with E-state index in [9.17, 15) is 13.6 Å². The van der Waals surface area contributed by atoms with Crippen LogP contribution in [0.4, 0.5) is 8.78 Å². The third-order valence-electron chi connectivity index (χ3n) is 2.82. The summed E-state index contributed by atoms with van der Waals surface area (Å²) in [5, 5.41) is 0. The van der Waals surface area contributed by atoms with Gasteiger partial charge in [0.2, 0.25) is 0 Å². The number of hydrogen-bond donors (Lipinski definition) is 0. The molecule has 0 amide bonds. The van der Waals surface area contributed by atoms with Gasteiger partial charge in [-0.2, -0.15) is 0 Å². The Hall–Kier alpha value is -2.23. The number of ether oxygens (including phenoxy) is 1. The van der Waals surface area contributed by atoms with Gasteiger partial charge in [0.1, 0.15) is 17.4 Å². The van der Waals surface area contributed by atoms with Gasteiger partial charge in [-0.05, 0) is 30.7 Å². The summed E-state index contributed by atoms with van der Waals surface area (Å²) in [6, 6.07) is 8.34. The molecule has 2 aromatic carbocycles. The van der Waals surface area contributed by atoms with Crippen molar-refractivity contribution in [3.8, 4) is 5.75 Å². The van der Waals surface area contributed by atoms with Crippen LogP contribution in [0, 0.1) is 18.6 Å². The Kier molecular flexibility index (Phi) is 3.60. The minimum absolute atomic E-state index is 0.146. The van der Waals surface area contributed by atoms with E-state index in [4.69, 9.17) is 4.74 Å². The van der Waals surface area contributed by atoms with Crippen LogP contribution in [0.15, 0.2) is 36.4 Å². The fourth-order valence-corrected chi connectivity index (χ4v) is 1.75. The first-order valence-corrected chi connectivity index (χ1v) is 5.67. The van der Waals surface area contributed by atoms with Crippen LogP contribution in [0.25, 0.3) is 0 Å². The zero-order valence-corrected chi connectivity index (χ0v) is 10.5. The van der Waals surface area contributed by atoms with Gasteiger partial charge in [-0.3, -0.25) is 4.79 Å². The van der Waals surface area contributed by atoms with Crippen molar-refractivity contribution in [2.75, 3.05) is 7.11 Å². The maximum atomic E-state index is 13.7. The van der Waals surface area contributed by atoms with Crippen LogP contribution in [-0.2, 0) is 0 Å². The van der Waals surface area contributed by atoms with Crippen molar-refractivity contribution in [3.05, 3.63) is 64.7 Å². The fourth-order valence-electron chi connectivity index (χ4n) is 1.75. The SMILES string of the molecule is COc1cccc(C(=O)c2cc(C)c(F)cc2F)c1. The van der Waals surface area contributed by atoms with Gasteiger partial charge in [-0.15, -0.1) is 0 Å². The van der Waals surface area contributed by atoms with Crippen LogP contribution >= 0.6 is 0 Å². The third kappa shape index (κ3) is 2.62. The molecule has 0 aliphatic rings. The molecule has 4 heteroatoms. The summed E-state index contributed by atoms with van der Waals surface area (Å²) in [6.07, 6.45) is 0. The highest BCUT2D eigenvalue weighted by molar-refractivity contribution is 6.09. The number of ketones is 1. The smallest absolute Gasteiger partial charge is 0.196 e. The molecule has 0 saturated heterocycles. The molecule has 0 atom stereocenters. The lowest BCUT2D eigenvalue weighted by atomic mass is 10.0. The molecule has 0 heterocycles. The van der Waals surface area contributed by atoms with Crippen LogP contribution in [0.2, 0.25) is 0 Å². The number of halogens is 2. The van der Waals surface area contributed by atoms with E-state index in [1.165, 1.54) is 26.2 Å². The standard InChI is InChI=1S/C15H12F2O2/c1-9-6-12(14(17)8-13(9)16)15(18)10-4-3-5-11(7-10)19-2/h3-8H,1-2H3. The maximum absolute atomic E-state index is 13.7. The van der Waals surface area contributed by atoms with Gasteiger partial charge < -0.3 is 4.74 Å². The van der Waals surface area contributed by atoms with Crippen molar-refractivity contribution >= 4 is 5.78 Å². The first-order chi connectivity index (χ1) is 9.02. The molecule has 2 rings (SSSR count). The van der Waals surface area contributed by atoms with Crippen LogP contribution in [0.5, 0.6) is 5.75 Å². The van der Waals surface area contributed by atoms with Gasteiger partial charge in [0.05, 0.1) is 12.7 Å². The molecule has 0 N–H and O–H groups in total. The second-order valence-corrected chi connectivity index (χ2v) is 4.14. The van der Waals surface area contributed by atoms with Gasteiger partial charge in [-0.1, -0.05) is 12.1 Å². The van der Waals surface area contributed by atoms with E-state index in [1.807, 2.05) is 0 Å². The Bertz CT molecular complexity index is 636. The van der Waals surface area contributed by atoms with Crippen molar-refractivity contribution < 1.29 is 18.3 Å². The number of benzene rings is 2. The number of aryl methyl sites for hydroxylation is 1. The van der Waals surface area contributed by atoms with E-state index in [0.29, 0.717) is 11.3 Å². The van der Waals surface area contributed by atoms with Gasteiger partial charge in [0.15, 0.2) is 5.78 Å². The van der Waals surface area contributed by atoms with Gasteiger partial charge >= 0.3 is 0 Å². The Balaban J connectivity index is 2.46. The zero-order chi connectivity index (χ0) is 14.0. The number of hydrogen-bond acceptors (Lipinski definition) is 2. The molecule has 0 radical (unpaired) electrons. The monoisotopic (exact) mass is 262 g/mol. The molecule has 19 heavy (non-hydrogen) atoms. The van der Waals surface area contributed by atoms with Crippen molar-refractivity contribution in [2.24, 2.45) is 0 Å². The average molecular weight is 262 g/mol. The van der Waals surface area contributed by atoms with E-state index in [2.05, 4.69) is 0 Å². The van der Waals surface area contributed by atoms with Gasteiger partial charge in [0.25, 0.3) is 0 Å². The van der Waals surface area contributed by atoms with Crippen molar-refractivity contribution in [1.29, 1.82) is 0 Å². The maximum Gasteiger partial charge on any atom is 0.196 e. The molecule has 0 spiro atoms. The normalized spacial score (nSPS) is 10.3. The minimum Gasteiger partial charge on any atom is -0.497 e. The predicted molar refractivity (Wildman–Crippen MR) is 67.5 cm³/mol. The lowest BCUT2D eigenvalue weighted by Gasteiger charge is -2.06. The molecule has 0 fully saturated rings. The molecule has 98 valence electrons. The molecule has 0 bridgehead atoms. The third-order valence-corrected chi connectivity index (χ3v) is 2.82. The highest BCUT2D eigenvalue weighted by Crippen LogP contribution is 2.20. The molecule has 0 aromatic heterocycles. The molecular weight excluding hydrogens is 250 g/mol. The van der Waals surface area contributed by atoms with Crippen LogP contribution < -0.4 is 4.74 Å². The van der Waals surface area contributed by atoms with E-state index < -0.39 is 17.4 Å². The van der Waals surface area contributed by atoms with Crippen molar-refractivity contribution in [2.45, 2.75) is 6.92 Å². The summed E-state index contributed by atoms with van der Waals surface area (Å²) in [5.41, 5.74) is 0.379. The first kappa shape index (κ1) is 13.2. The van der Waals surface area contributed by atoms with E-state index in [1.54, 1.807) is 18.2 Å². The predicted octanol–water partition coefficient (Wildman–Crippen LogP) is 3.51. The van der Waals surface area contributed by atoms with E-state index >= 15 is 0 Å². The largest absolute Gasteiger partial charge is 0.497 e. The summed E-state index contributed by atoms with van der Waals surface area (Å²) in [5.74, 6) is -1.53. The number of carbonyl (C=O) groups is 1. The topological polar surface area (TPSA) is 26.3 Å². The molecule has 0 unspecified atom stereocenters. The molecule has 2 nitrogen and oxygen atoms in total. The summed E-state index contributed by atoms with van der Waals surface area (Å²) < 4.78 is 31.8. The van der Waals surface area contributed by atoms with Crippen molar-refractivity contribution in [1.82, 2.24) is 0 Å². The summed E-state index contributed by atoms with van der Waals surface area (Å²) in [7, 11) is 1.48. The van der Waals surface area contributed by atoms with Gasteiger partial charge in [-0.25, -0.2) is 8.78 Å². The van der Waals surface area contributed by atoms with Crippen molar-refractivity contribution in [3.63, 3.8) is 0 Å².